The molecular weight excluding hydrogens is 318 g/mol. The van der Waals surface area contributed by atoms with Crippen LogP contribution in [0.15, 0.2) is 17.1 Å². The van der Waals surface area contributed by atoms with E-state index in [0.29, 0.717) is 6.42 Å². The Morgan fingerprint density at radius 3 is 2.88 bits per heavy atom. The molecular formula is C15H23N3O6. The first kappa shape index (κ1) is 18.4. The molecule has 0 spiro atoms. The lowest BCUT2D eigenvalue weighted by molar-refractivity contribution is -0.156. The maximum atomic E-state index is 11.9. The quantitative estimate of drug-likeness (QED) is 0.449. The van der Waals surface area contributed by atoms with Crippen LogP contribution in [0.3, 0.4) is 0 Å². The Kier molecular flexibility index (Phi) is 6.29. The third kappa shape index (κ3) is 4.11. The SMILES string of the molecule is CCCCCC(=O)O[C@H]1[C@H](O)[C@H](n2ccc(N)nc2=O)O[C@@H]1CO. The van der Waals surface area contributed by atoms with Gasteiger partial charge in [-0.15, -0.1) is 0 Å². The number of nitrogen functional groups attached to an aromatic ring is 1. The summed E-state index contributed by atoms with van der Waals surface area (Å²) in [6.07, 6.45) is -0.288. The fraction of sp³-hybridized carbons (Fsp3) is 0.667. The van der Waals surface area contributed by atoms with Gasteiger partial charge in [-0.1, -0.05) is 19.8 Å². The summed E-state index contributed by atoms with van der Waals surface area (Å²) in [5, 5.41) is 19.8. The molecule has 4 atom stereocenters. The number of nitrogens with two attached hydrogens (primary N) is 1. The molecule has 0 amide bonds. The number of hydrogen-bond donors (Lipinski definition) is 3. The molecule has 134 valence electrons. The van der Waals surface area contributed by atoms with Gasteiger partial charge >= 0.3 is 11.7 Å². The Hall–Kier alpha value is -1.97. The van der Waals surface area contributed by atoms with Crippen LogP contribution in [0.25, 0.3) is 0 Å². The van der Waals surface area contributed by atoms with Gasteiger partial charge in [0.2, 0.25) is 0 Å². The van der Waals surface area contributed by atoms with E-state index in [1.54, 1.807) is 0 Å². The van der Waals surface area contributed by atoms with E-state index in [4.69, 9.17) is 15.2 Å². The number of carbonyl (C=O) groups is 1. The Labute approximate surface area is 139 Å². The van der Waals surface area contributed by atoms with Crippen molar-refractivity contribution in [3.05, 3.63) is 22.7 Å². The van der Waals surface area contributed by atoms with E-state index in [1.165, 1.54) is 12.3 Å². The van der Waals surface area contributed by atoms with E-state index in [9.17, 15) is 19.8 Å². The lowest BCUT2D eigenvalue weighted by Gasteiger charge is -2.20. The highest BCUT2D eigenvalue weighted by atomic mass is 16.6. The molecule has 0 aliphatic carbocycles. The van der Waals surface area contributed by atoms with Gasteiger partial charge in [0.1, 0.15) is 18.0 Å². The first-order valence-corrected chi connectivity index (χ1v) is 7.96. The first-order chi connectivity index (χ1) is 11.5. The zero-order chi connectivity index (χ0) is 17.7. The second-order valence-electron chi connectivity index (χ2n) is 5.69. The van der Waals surface area contributed by atoms with Crippen molar-refractivity contribution in [3.63, 3.8) is 0 Å². The number of hydrogen-bond acceptors (Lipinski definition) is 8. The summed E-state index contributed by atoms with van der Waals surface area (Å²) in [7, 11) is 0. The van der Waals surface area contributed by atoms with Crippen LogP contribution in [-0.2, 0) is 14.3 Å². The van der Waals surface area contributed by atoms with Crippen molar-refractivity contribution in [2.24, 2.45) is 0 Å². The first-order valence-electron chi connectivity index (χ1n) is 7.96. The average molecular weight is 341 g/mol. The van der Waals surface area contributed by atoms with E-state index in [-0.39, 0.29) is 12.2 Å². The summed E-state index contributed by atoms with van der Waals surface area (Å²) in [5.74, 6) is -0.431. The van der Waals surface area contributed by atoms with Gasteiger partial charge in [0, 0.05) is 12.6 Å². The molecule has 2 rings (SSSR count). The van der Waals surface area contributed by atoms with Crippen molar-refractivity contribution in [1.29, 1.82) is 0 Å². The number of esters is 1. The van der Waals surface area contributed by atoms with Crippen molar-refractivity contribution in [1.82, 2.24) is 9.55 Å². The average Bonchev–Trinajstić information content (AvgIpc) is 2.84. The van der Waals surface area contributed by atoms with Gasteiger partial charge in [-0.3, -0.25) is 9.36 Å². The standard InChI is InChI=1S/C15H23N3O6/c1-2-3-4-5-11(20)24-13-9(8-19)23-14(12(13)21)18-7-6-10(16)17-15(18)22/h6-7,9,12-14,19,21H,2-5,8H2,1H3,(H2,16,17,22)/t9-,12+,13-,14-/m1/s1. The molecule has 9 heteroatoms. The Bertz CT molecular complexity index is 619. The molecule has 9 nitrogen and oxygen atoms in total. The lowest BCUT2D eigenvalue weighted by atomic mass is 10.1. The second kappa shape index (κ2) is 8.22. The van der Waals surface area contributed by atoms with Crippen LogP contribution in [0.1, 0.15) is 38.8 Å². The Balaban J connectivity index is 2.10. The second-order valence-corrected chi connectivity index (χ2v) is 5.69. The number of aliphatic hydroxyl groups is 2. The minimum absolute atomic E-state index is 0.0429. The van der Waals surface area contributed by atoms with E-state index in [2.05, 4.69) is 4.98 Å². The molecule has 0 bridgehead atoms. The molecule has 0 aromatic carbocycles. The Morgan fingerprint density at radius 2 is 2.25 bits per heavy atom. The van der Waals surface area contributed by atoms with E-state index >= 15 is 0 Å². The van der Waals surface area contributed by atoms with Crippen molar-refractivity contribution in [3.8, 4) is 0 Å². The van der Waals surface area contributed by atoms with Crippen molar-refractivity contribution < 1.29 is 24.5 Å². The molecule has 1 saturated heterocycles. The van der Waals surface area contributed by atoms with E-state index in [0.717, 1.165) is 17.4 Å². The third-order valence-corrected chi connectivity index (χ3v) is 3.87. The normalized spacial score (nSPS) is 26.5. The number of unbranched alkanes of at least 4 members (excludes halogenated alkanes) is 2. The van der Waals surface area contributed by atoms with Crippen LogP contribution in [0.2, 0.25) is 0 Å². The highest BCUT2D eigenvalue weighted by Crippen LogP contribution is 2.30. The van der Waals surface area contributed by atoms with Crippen molar-refractivity contribution >= 4 is 11.8 Å². The van der Waals surface area contributed by atoms with Crippen LogP contribution >= 0.6 is 0 Å². The summed E-state index contributed by atoms with van der Waals surface area (Å²) in [4.78, 5) is 27.3. The molecule has 1 aliphatic rings. The molecule has 0 saturated carbocycles. The van der Waals surface area contributed by atoms with Gasteiger partial charge in [-0.2, -0.15) is 4.98 Å². The van der Waals surface area contributed by atoms with Gasteiger partial charge < -0.3 is 25.4 Å². The smallest absolute Gasteiger partial charge is 0.351 e. The molecule has 0 unspecified atom stereocenters. The number of ether oxygens (including phenoxy) is 2. The van der Waals surface area contributed by atoms with Crippen LogP contribution < -0.4 is 11.4 Å². The monoisotopic (exact) mass is 341 g/mol. The Morgan fingerprint density at radius 1 is 1.50 bits per heavy atom. The van der Waals surface area contributed by atoms with Crippen molar-refractivity contribution in [2.45, 2.75) is 57.1 Å². The maximum absolute atomic E-state index is 11.9. The molecule has 2 heterocycles. The summed E-state index contributed by atoms with van der Waals surface area (Å²) in [6, 6.07) is 1.38. The molecule has 1 fully saturated rings. The highest BCUT2D eigenvalue weighted by molar-refractivity contribution is 5.69. The van der Waals surface area contributed by atoms with E-state index in [1.807, 2.05) is 6.92 Å². The van der Waals surface area contributed by atoms with Gasteiger partial charge in [-0.05, 0) is 12.5 Å². The predicted octanol–water partition coefficient (Wildman–Crippen LogP) is -0.432. The summed E-state index contributed by atoms with van der Waals surface area (Å²) >= 11 is 0. The number of rotatable bonds is 7. The zero-order valence-corrected chi connectivity index (χ0v) is 13.5. The van der Waals surface area contributed by atoms with Gasteiger partial charge in [-0.25, -0.2) is 4.79 Å². The number of anilines is 1. The number of aromatic nitrogens is 2. The number of carbonyl (C=O) groups excluding carboxylic acids is 1. The fourth-order valence-corrected chi connectivity index (χ4v) is 2.59. The minimum atomic E-state index is -1.31. The van der Waals surface area contributed by atoms with Gasteiger partial charge in [0.05, 0.1) is 6.61 Å². The van der Waals surface area contributed by atoms with Gasteiger partial charge in [0.25, 0.3) is 0 Å². The highest BCUT2D eigenvalue weighted by Gasteiger charge is 2.47. The number of aliphatic hydroxyl groups excluding tert-OH is 2. The van der Waals surface area contributed by atoms with Crippen molar-refractivity contribution in [2.75, 3.05) is 12.3 Å². The number of nitrogens with zero attached hydrogens (tertiary/aromatic N) is 2. The molecule has 1 aromatic heterocycles. The summed E-state index contributed by atoms with van der Waals surface area (Å²) in [6.45, 7) is 1.56. The van der Waals surface area contributed by atoms with Crippen LogP contribution in [-0.4, -0.2) is 50.7 Å². The summed E-state index contributed by atoms with van der Waals surface area (Å²) in [5.41, 5.74) is 4.73. The predicted molar refractivity (Wildman–Crippen MR) is 83.9 cm³/mol. The largest absolute Gasteiger partial charge is 0.457 e. The summed E-state index contributed by atoms with van der Waals surface area (Å²) < 4.78 is 11.8. The van der Waals surface area contributed by atoms with Crippen LogP contribution in [0, 0.1) is 0 Å². The fourth-order valence-electron chi connectivity index (χ4n) is 2.59. The van der Waals surface area contributed by atoms with Crippen LogP contribution in [0.4, 0.5) is 5.82 Å². The van der Waals surface area contributed by atoms with Gasteiger partial charge in [0.15, 0.2) is 12.3 Å². The topological polar surface area (TPSA) is 137 Å². The zero-order valence-electron chi connectivity index (χ0n) is 13.5. The molecule has 0 radical (unpaired) electrons. The minimum Gasteiger partial charge on any atom is -0.457 e. The molecule has 1 aromatic rings. The maximum Gasteiger partial charge on any atom is 0.351 e. The lowest BCUT2D eigenvalue weighted by Crippen LogP contribution is -2.39. The molecule has 4 N–H and O–H groups in total. The van der Waals surface area contributed by atoms with E-state index < -0.39 is 42.8 Å². The molecule has 24 heavy (non-hydrogen) atoms. The third-order valence-electron chi connectivity index (χ3n) is 3.87. The molecule has 1 aliphatic heterocycles. The van der Waals surface area contributed by atoms with Crippen LogP contribution in [0.5, 0.6) is 0 Å².